The summed E-state index contributed by atoms with van der Waals surface area (Å²) in [5.74, 6) is 1.99. The predicted molar refractivity (Wildman–Crippen MR) is 112 cm³/mol. The molecular weight excluding hydrogens is 360 g/mol. The van der Waals surface area contributed by atoms with Gasteiger partial charge in [-0.25, -0.2) is 4.99 Å². The average Bonchev–Trinajstić information content (AvgIpc) is 3.02. The molecular formula is C21H20N2O3S. The normalized spacial score (nSPS) is 15.0. The fourth-order valence-corrected chi connectivity index (χ4v) is 3.29. The average molecular weight is 380 g/mol. The highest BCUT2D eigenvalue weighted by atomic mass is 32.2. The van der Waals surface area contributed by atoms with Crippen molar-refractivity contribution in [1.82, 2.24) is 0 Å². The highest BCUT2D eigenvalue weighted by Crippen LogP contribution is 2.30. The van der Waals surface area contributed by atoms with Gasteiger partial charge in [0.05, 0.1) is 19.9 Å². The maximum Gasteiger partial charge on any atom is 0.283 e. The van der Waals surface area contributed by atoms with Gasteiger partial charge in [0, 0.05) is 5.75 Å². The van der Waals surface area contributed by atoms with Crippen LogP contribution < -0.4 is 14.4 Å². The first-order valence-corrected chi connectivity index (χ1v) is 9.31. The number of carbonyl (C=O) groups excluding carboxylic acids is 1. The van der Waals surface area contributed by atoms with E-state index in [0.717, 1.165) is 22.7 Å². The first kappa shape index (κ1) is 18.8. The minimum absolute atomic E-state index is 0.164. The van der Waals surface area contributed by atoms with Crippen LogP contribution in [0.5, 0.6) is 11.5 Å². The summed E-state index contributed by atoms with van der Waals surface area (Å²) in [6.07, 6.45) is 3.56. The molecule has 0 saturated carbocycles. The molecule has 3 rings (SSSR count). The molecule has 0 aliphatic carbocycles. The Morgan fingerprint density at radius 2 is 1.63 bits per heavy atom. The summed E-state index contributed by atoms with van der Waals surface area (Å²) < 4.78 is 10.4. The van der Waals surface area contributed by atoms with E-state index in [1.54, 1.807) is 31.3 Å². The Morgan fingerprint density at radius 3 is 2.19 bits per heavy atom. The van der Waals surface area contributed by atoms with Gasteiger partial charge in [0.2, 0.25) is 0 Å². The molecule has 1 heterocycles. The van der Waals surface area contributed by atoms with E-state index in [2.05, 4.69) is 11.6 Å². The molecule has 6 heteroatoms. The van der Waals surface area contributed by atoms with E-state index in [9.17, 15) is 4.79 Å². The predicted octanol–water partition coefficient (Wildman–Crippen LogP) is 4.37. The molecule has 5 nitrogen and oxygen atoms in total. The van der Waals surface area contributed by atoms with E-state index in [1.807, 2.05) is 48.5 Å². The summed E-state index contributed by atoms with van der Waals surface area (Å²) in [7, 11) is 3.23. The number of anilines is 1. The van der Waals surface area contributed by atoms with Gasteiger partial charge < -0.3 is 9.47 Å². The van der Waals surface area contributed by atoms with Crippen LogP contribution in [0.2, 0.25) is 0 Å². The molecule has 0 saturated heterocycles. The number of benzene rings is 2. The summed E-state index contributed by atoms with van der Waals surface area (Å²) in [5.41, 5.74) is 2.02. The van der Waals surface area contributed by atoms with E-state index in [1.165, 1.54) is 11.8 Å². The van der Waals surface area contributed by atoms with Crippen molar-refractivity contribution in [2.75, 3.05) is 24.9 Å². The molecule has 1 aliphatic rings. The van der Waals surface area contributed by atoms with Crippen molar-refractivity contribution in [1.29, 1.82) is 0 Å². The second-order valence-corrected chi connectivity index (χ2v) is 6.62. The molecule has 2 aromatic rings. The Balaban J connectivity index is 1.93. The Kier molecular flexibility index (Phi) is 5.98. The number of ether oxygens (including phenoxy) is 2. The van der Waals surface area contributed by atoms with Crippen LogP contribution in [0.15, 0.2) is 71.9 Å². The summed E-state index contributed by atoms with van der Waals surface area (Å²) >= 11 is 1.47. The van der Waals surface area contributed by atoms with Crippen LogP contribution in [0.3, 0.4) is 0 Å². The lowest BCUT2D eigenvalue weighted by molar-refractivity contribution is -0.113. The van der Waals surface area contributed by atoms with Gasteiger partial charge in [-0.2, -0.15) is 0 Å². The molecule has 0 unspecified atom stereocenters. The molecule has 0 N–H and O–H groups in total. The van der Waals surface area contributed by atoms with Crippen LogP contribution in [0.1, 0.15) is 5.56 Å². The van der Waals surface area contributed by atoms with Crippen LogP contribution in [-0.4, -0.2) is 31.0 Å². The topological polar surface area (TPSA) is 51.1 Å². The van der Waals surface area contributed by atoms with Crippen molar-refractivity contribution < 1.29 is 14.3 Å². The van der Waals surface area contributed by atoms with Gasteiger partial charge >= 0.3 is 0 Å². The Hall–Kier alpha value is -2.99. The third-order valence-corrected chi connectivity index (χ3v) is 4.84. The van der Waals surface area contributed by atoms with Crippen molar-refractivity contribution in [2.45, 2.75) is 0 Å². The third kappa shape index (κ3) is 4.23. The van der Waals surface area contributed by atoms with Gasteiger partial charge in [0.15, 0.2) is 5.17 Å². The fourth-order valence-electron chi connectivity index (χ4n) is 2.54. The van der Waals surface area contributed by atoms with Crippen LogP contribution in [0, 0.1) is 0 Å². The van der Waals surface area contributed by atoms with Crippen molar-refractivity contribution in [3.8, 4) is 11.5 Å². The zero-order valence-corrected chi connectivity index (χ0v) is 16.0. The zero-order chi connectivity index (χ0) is 19.2. The Bertz CT molecular complexity index is 887. The Morgan fingerprint density at radius 1 is 1.04 bits per heavy atom. The van der Waals surface area contributed by atoms with Crippen molar-refractivity contribution in [3.05, 3.63) is 72.4 Å². The van der Waals surface area contributed by atoms with Gasteiger partial charge in [-0.1, -0.05) is 30.0 Å². The van der Waals surface area contributed by atoms with Crippen molar-refractivity contribution >= 4 is 34.6 Å². The van der Waals surface area contributed by atoms with E-state index < -0.39 is 0 Å². The molecule has 2 aromatic carbocycles. The number of hydrogen-bond donors (Lipinski definition) is 0. The lowest BCUT2D eigenvalue weighted by Crippen LogP contribution is -2.30. The van der Waals surface area contributed by atoms with Gasteiger partial charge in [0.25, 0.3) is 5.91 Å². The first-order valence-electron chi connectivity index (χ1n) is 8.33. The van der Waals surface area contributed by atoms with E-state index in [0.29, 0.717) is 16.6 Å². The number of aliphatic imine (C=N–C) groups is 1. The molecule has 0 spiro atoms. The van der Waals surface area contributed by atoms with Gasteiger partial charge in [-0.3, -0.25) is 9.69 Å². The smallest absolute Gasteiger partial charge is 0.283 e. The number of thioether (sulfide) groups is 1. The SMILES string of the molecule is C=CCSC1=N/C(=C\c2ccc(OC)cc2)C(=O)N1c1ccc(OC)cc1. The largest absolute Gasteiger partial charge is 0.497 e. The molecule has 0 aromatic heterocycles. The van der Waals surface area contributed by atoms with Gasteiger partial charge in [-0.05, 0) is 48.0 Å². The number of hydrogen-bond acceptors (Lipinski definition) is 5. The van der Waals surface area contributed by atoms with Crippen LogP contribution in [0.25, 0.3) is 6.08 Å². The first-order chi connectivity index (χ1) is 13.2. The Labute approximate surface area is 163 Å². The monoisotopic (exact) mass is 380 g/mol. The number of carbonyl (C=O) groups is 1. The molecule has 138 valence electrons. The summed E-state index contributed by atoms with van der Waals surface area (Å²) in [6, 6.07) is 14.8. The number of amidine groups is 1. The quantitative estimate of drug-likeness (QED) is 0.552. The molecule has 1 aliphatic heterocycles. The summed E-state index contributed by atoms with van der Waals surface area (Å²) in [4.78, 5) is 19.2. The molecule has 27 heavy (non-hydrogen) atoms. The van der Waals surface area contributed by atoms with Gasteiger partial charge in [0.1, 0.15) is 17.2 Å². The van der Waals surface area contributed by atoms with Crippen molar-refractivity contribution in [3.63, 3.8) is 0 Å². The van der Waals surface area contributed by atoms with Crippen molar-refractivity contribution in [2.24, 2.45) is 4.99 Å². The number of methoxy groups -OCH3 is 2. The lowest BCUT2D eigenvalue weighted by atomic mass is 10.2. The van der Waals surface area contributed by atoms with Crippen LogP contribution >= 0.6 is 11.8 Å². The number of rotatable bonds is 6. The summed E-state index contributed by atoms with van der Waals surface area (Å²) in [5, 5.41) is 0.629. The van der Waals surface area contributed by atoms with Crippen LogP contribution in [-0.2, 0) is 4.79 Å². The zero-order valence-electron chi connectivity index (χ0n) is 15.2. The number of nitrogens with zero attached hydrogens (tertiary/aromatic N) is 2. The minimum atomic E-state index is -0.164. The second kappa shape index (κ2) is 8.60. The fraction of sp³-hybridized carbons (Fsp3) is 0.143. The van der Waals surface area contributed by atoms with E-state index >= 15 is 0 Å². The molecule has 0 atom stereocenters. The van der Waals surface area contributed by atoms with Crippen LogP contribution in [0.4, 0.5) is 5.69 Å². The third-order valence-electron chi connectivity index (χ3n) is 3.91. The van der Waals surface area contributed by atoms with E-state index in [4.69, 9.17) is 9.47 Å². The minimum Gasteiger partial charge on any atom is -0.497 e. The molecule has 0 radical (unpaired) electrons. The maximum atomic E-state index is 13.0. The highest BCUT2D eigenvalue weighted by molar-refractivity contribution is 8.14. The highest BCUT2D eigenvalue weighted by Gasteiger charge is 2.31. The standard InChI is InChI=1S/C21H20N2O3S/c1-4-13-27-21-22-19(14-15-5-9-17(25-2)10-6-15)20(24)23(21)16-7-11-18(26-3)12-8-16/h4-12,14H,1,13H2,2-3H3/b19-14-. The summed E-state index contributed by atoms with van der Waals surface area (Å²) in [6.45, 7) is 3.74. The maximum absolute atomic E-state index is 13.0. The molecule has 0 bridgehead atoms. The number of amides is 1. The second-order valence-electron chi connectivity index (χ2n) is 5.64. The van der Waals surface area contributed by atoms with Gasteiger partial charge in [-0.15, -0.1) is 6.58 Å². The lowest BCUT2D eigenvalue weighted by Gasteiger charge is -2.17. The molecule has 0 fully saturated rings. The van der Waals surface area contributed by atoms with E-state index in [-0.39, 0.29) is 5.91 Å². The molecule has 1 amide bonds.